The lowest BCUT2D eigenvalue weighted by Gasteiger charge is -2.15. The predicted octanol–water partition coefficient (Wildman–Crippen LogP) is 3.85. The molecule has 0 spiro atoms. The van der Waals surface area contributed by atoms with Crippen molar-refractivity contribution in [3.63, 3.8) is 0 Å². The molecule has 7 heteroatoms. The second-order valence-electron chi connectivity index (χ2n) is 4.66. The quantitative estimate of drug-likeness (QED) is 0.670. The molecule has 2 rings (SSSR count). The molecule has 0 radical (unpaired) electrons. The summed E-state index contributed by atoms with van der Waals surface area (Å²) in [7, 11) is 1.42. The van der Waals surface area contributed by atoms with Crippen LogP contribution in [-0.2, 0) is 0 Å². The highest BCUT2D eigenvalue weighted by atomic mass is 32.1. The van der Waals surface area contributed by atoms with E-state index >= 15 is 0 Å². The Morgan fingerprint density at radius 2 is 2.14 bits per heavy atom. The average Bonchev–Trinajstić information content (AvgIpc) is 2.77. The first kappa shape index (κ1) is 15.2. The summed E-state index contributed by atoms with van der Waals surface area (Å²) in [6, 6.07) is 4.92. The minimum Gasteiger partial charge on any atom is -0.490 e. The fourth-order valence-corrected chi connectivity index (χ4v) is 3.17. The summed E-state index contributed by atoms with van der Waals surface area (Å²) in [6.45, 7) is 5.85. The molecule has 1 N–H and O–H groups in total. The van der Waals surface area contributed by atoms with Gasteiger partial charge in [0, 0.05) is 4.88 Å². The van der Waals surface area contributed by atoms with Crippen LogP contribution >= 0.6 is 11.3 Å². The van der Waals surface area contributed by atoms with Crippen LogP contribution in [0.5, 0.6) is 5.75 Å². The number of ether oxygens (including phenoxy) is 1. The van der Waals surface area contributed by atoms with Gasteiger partial charge in [-0.1, -0.05) is 6.07 Å². The normalized spacial score (nSPS) is 12.0. The molecule has 0 fully saturated rings. The van der Waals surface area contributed by atoms with Crippen LogP contribution in [0, 0.1) is 24.0 Å². The number of nitrogens with one attached hydrogen (secondary N) is 1. The maximum absolute atomic E-state index is 11.3. The Bertz CT molecular complexity index is 669. The molecule has 21 heavy (non-hydrogen) atoms. The van der Waals surface area contributed by atoms with Gasteiger partial charge in [0.2, 0.25) is 0 Å². The Morgan fingerprint density at radius 3 is 2.67 bits per heavy atom. The van der Waals surface area contributed by atoms with E-state index in [0.717, 1.165) is 15.6 Å². The van der Waals surface area contributed by atoms with Gasteiger partial charge in [-0.25, -0.2) is 4.98 Å². The topological polar surface area (TPSA) is 77.3 Å². The summed E-state index contributed by atoms with van der Waals surface area (Å²) in [5, 5.41) is 15.4. The smallest absolute Gasteiger partial charge is 0.333 e. The van der Waals surface area contributed by atoms with Crippen LogP contribution < -0.4 is 10.1 Å². The summed E-state index contributed by atoms with van der Waals surface area (Å²) in [5.41, 5.74) is 1.34. The van der Waals surface area contributed by atoms with Gasteiger partial charge in [-0.2, -0.15) is 0 Å². The van der Waals surface area contributed by atoms with Crippen molar-refractivity contribution in [1.29, 1.82) is 0 Å². The van der Waals surface area contributed by atoms with E-state index in [9.17, 15) is 10.1 Å². The zero-order chi connectivity index (χ0) is 15.6. The molecule has 1 aromatic carbocycles. The molecular weight excluding hydrogens is 290 g/mol. The summed E-state index contributed by atoms with van der Waals surface area (Å²) < 4.78 is 5.07. The molecule has 1 heterocycles. The first-order valence-electron chi connectivity index (χ1n) is 6.46. The second-order valence-corrected chi connectivity index (χ2v) is 5.90. The molecule has 112 valence electrons. The van der Waals surface area contributed by atoms with E-state index in [1.807, 2.05) is 20.8 Å². The first-order valence-corrected chi connectivity index (χ1v) is 7.27. The van der Waals surface area contributed by atoms with Crippen molar-refractivity contribution in [1.82, 2.24) is 4.98 Å². The highest BCUT2D eigenvalue weighted by Gasteiger charge is 2.23. The van der Waals surface area contributed by atoms with E-state index in [1.165, 1.54) is 7.11 Å². The number of hydrogen-bond donors (Lipinski definition) is 1. The number of nitro groups is 1. The Morgan fingerprint density at radius 1 is 1.43 bits per heavy atom. The van der Waals surface area contributed by atoms with E-state index < -0.39 is 4.92 Å². The van der Waals surface area contributed by atoms with E-state index in [4.69, 9.17) is 4.74 Å². The van der Waals surface area contributed by atoms with Crippen LogP contribution in [0.15, 0.2) is 18.2 Å². The zero-order valence-electron chi connectivity index (χ0n) is 12.3. The molecule has 0 saturated heterocycles. The number of aryl methyl sites for hydroxylation is 2. The Kier molecular flexibility index (Phi) is 4.42. The van der Waals surface area contributed by atoms with Crippen molar-refractivity contribution in [3.8, 4) is 5.75 Å². The monoisotopic (exact) mass is 307 g/mol. The largest absolute Gasteiger partial charge is 0.490 e. The molecule has 0 aliphatic carbocycles. The number of methoxy groups -OCH3 is 1. The maximum atomic E-state index is 11.3. The molecule has 1 atom stereocenters. The van der Waals surface area contributed by atoms with Gasteiger partial charge < -0.3 is 10.1 Å². The molecule has 1 aromatic heterocycles. The third-order valence-electron chi connectivity index (χ3n) is 3.11. The molecule has 0 amide bonds. The van der Waals surface area contributed by atoms with Crippen LogP contribution in [0.3, 0.4) is 0 Å². The fraction of sp³-hybridized carbons (Fsp3) is 0.357. The van der Waals surface area contributed by atoms with Gasteiger partial charge in [0.05, 0.1) is 28.8 Å². The van der Waals surface area contributed by atoms with Crippen molar-refractivity contribution in [2.24, 2.45) is 0 Å². The Balaban J connectivity index is 2.35. The van der Waals surface area contributed by atoms with Gasteiger partial charge in [-0.3, -0.25) is 10.1 Å². The first-order chi connectivity index (χ1) is 9.93. The maximum Gasteiger partial charge on any atom is 0.333 e. The van der Waals surface area contributed by atoms with E-state index in [1.54, 1.807) is 29.5 Å². The number of nitrogens with zero attached hydrogens (tertiary/aromatic N) is 2. The van der Waals surface area contributed by atoms with Crippen molar-refractivity contribution in [2.75, 3.05) is 12.4 Å². The van der Waals surface area contributed by atoms with E-state index in [0.29, 0.717) is 5.69 Å². The van der Waals surface area contributed by atoms with Crippen LogP contribution in [0.25, 0.3) is 0 Å². The third kappa shape index (κ3) is 3.13. The number of para-hydroxylation sites is 1. The van der Waals surface area contributed by atoms with Crippen molar-refractivity contribution in [3.05, 3.63) is 43.9 Å². The number of thiazole rings is 1. The lowest BCUT2D eigenvalue weighted by Crippen LogP contribution is -2.08. The number of nitro benzene ring substituents is 1. The van der Waals surface area contributed by atoms with Gasteiger partial charge in [-0.05, 0) is 32.9 Å². The predicted molar refractivity (Wildman–Crippen MR) is 83.3 cm³/mol. The molecule has 1 unspecified atom stereocenters. The molecule has 0 saturated carbocycles. The number of hydrogen-bond acceptors (Lipinski definition) is 6. The minimum atomic E-state index is -0.432. The van der Waals surface area contributed by atoms with Gasteiger partial charge in [0.25, 0.3) is 0 Å². The summed E-state index contributed by atoms with van der Waals surface area (Å²) >= 11 is 1.59. The van der Waals surface area contributed by atoms with Crippen LogP contribution in [-0.4, -0.2) is 17.0 Å². The Labute approximate surface area is 126 Å². The number of benzene rings is 1. The van der Waals surface area contributed by atoms with E-state index in [2.05, 4.69) is 10.3 Å². The molecular formula is C14H17N3O3S. The molecule has 0 aliphatic rings. The summed E-state index contributed by atoms with van der Waals surface area (Å²) in [5.74, 6) is 0.245. The van der Waals surface area contributed by atoms with Crippen molar-refractivity contribution < 1.29 is 9.66 Å². The van der Waals surface area contributed by atoms with Gasteiger partial charge >= 0.3 is 5.69 Å². The van der Waals surface area contributed by atoms with E-state index in [-0.39, 0.29) is 17.5 Å². The zero-order valence-corrected chi connectivity index (χ0v) is 13.2. The SMILES string of the molecule is COc1cccc(NC(C)c2sc(C)nc2C)c1[N+](=O)[O-]. The van der Waals surface area contributed by atoms with Gasteiger partial charge in [0.15, 0.2) is 5.75 Å². The lowest BCUT2D eigenvalue weighted by molar-refractivity contribution is -0.384. The average molecular weight is 307 g/mol. The molecule has 0 bridgehead atoms. The fourth-order valence-electron chi connectivity index (χ4n) is 2.24. The molecule has 2 aromatic rings. The third-order valence-corrected chi connectivity index (χ3v) is 4.36. The highest BCUT2D eigenvalue weighted by molar-refractivity contribution is 7.11. The van der Waals surface area contributed by atoms with Gasteiger partial charge in [0.1, 0.15) is 5.69 Å². The lowest BCUT2D eigenvalue weighted by atomic mass is 10.2. The van der Waals surface area contributed by atoms with Crippen molar-refractivity contribution in [2.45, 2.75) is 26.8 Å². The van der Waals surface area contributed by atoms with Crippen LogP contribution in [0.1, 0.15) is 28.5 Å². The standard InChI is InChI=1S/C14H17N3O3S/c1-8-14(21-10(3)15-8)9(2)16-11-6-5-7-12(20-4)13(11)17(18)19/h5-7,9,16H,1-4H3. The molecule has 6 nitrogen and oxygen atoms in total. The number of aromatic nitrogens is 1. The van der Waals surface area contributed by atoms with Crippen LogP contribution in [0.2, 0.25) is 0 Å². The van der Waals surface area contributed by atoms with Crippen LogP contribution in [0.4, 0.5) is 11.4 Å². The number of anilines is 1. The van der Waals surface area contributed by atoms with Gasteiger partial charge in [-0.15, -0.1) is 11.3 Å². The highest BCUT2D eigenvalue weighted by Crippen LogP contribution is 2.37. The Hall–Kier alpha value is -2.15. The second kappa shape index (κ2) is 6.09. The summed E-state index contributed by atoms with van der Waals surface area (Å²) in [4.78, 5) is 16.3. The number of rotatable bonds is 5. The molecule has 0 aliphatic heterocycles. The summed E-state index contributed by atoms with van der Waals surface area (Å²) in [6.07, 6.45) is 0. The minimum absolute atomic E-state index is 0.0502. The van der Waals surface area contributed by atoms with Crippen molar-refractivity contribution >= 4 is 22.7 Å².